The first kappa shape index (κ1) is 25.9. The van der Waals surface area contributed by atoms with E-state index in [0.29, 0.717) is 18.7 Å². The van der Waals surface area contributed by atoms with Gasteiger partial charge >= 0.3 is 12.1 Å². The van der Waals surface area contributed by atoms with E-state index in [9.17, 15) is 26.4 Å². The second-order valence-corrected chi connectivity index (χ2v) is 8.70. The van der Waals surface area contributed by atoms with Crippen LogP contribution in [0.25, 0.3) is 0 Å². The fraction of sp³-hybridized carbons (Fsp3) is 0.556. The summed E-state index contributed by atoms with van der Waals surface area (Å²) in [4.78, 5) is 23.4. The summed E-state index contributed by atoms with van der Waals surface area (Å²) in [5, 5.41) is 10.3. The molecule has 1 amide bonds. The van der Waals surface area contributed by atoms with E-state index in [2.05, 4.69) is 5.32 Å². The molecule has 8 nitrogen and oxygen atoms in total. The summed E-state index contributed by atoms with van der Waals surface area (Å²) in [6.07, 6.45) is -5.08. The van der Waals surface area contributed by atoms with Crippen molar-refractivity contribution in [1.82, 2.24) is 14.5 Å². The van der Waals surface area contributed by atoms with Crippen molar-refractivity contribution >= 4 is 21.9 Å². The molecule has 0 aliphatic carbocycles. The van der Waals surface area contributed by atoms with E-state index in [1.165, 1.54) is 4.31 Å². The Morgan fingerprint density at radius 2 is 1.70 bits per heavy atom. The smallest absolute Gasteiger partial charge is 0.475 e. The molecule has 1 heterocycles. The Morgan fingerprint density at radius 3 is 2.13 bits per heavy atom. The number of carboxylic acids is 1. The van der Waals surface area contributed by atoms with Gasteiger partial charge in [-0.1, -0.05) is 18.2 Å². The first-order valence-corrected chi connectivity index (χ1v) is 10.6. The number of hydrogen-bond acceptors (Lipinski definition) is 5. The van der Waals surface area contributed by atoms with Crippen LogP contribution in [-0.4, -0.2) is 79.5 Å². The number of carbonyl (C=O) groups is 2. The number of halogens is 3. The molecule has 2 rings (SSSR count). The third kappa shape index (κ3) is 7.26. The predicted octanol–water partition coefficient (Wildman–Crippen LogP) is 1.46. The van der Waals surface area contributed by atoms with Crippen molar-refractivity contribution in [3.63, 3.8) is 0 Å². The number of aryl methyl sites for hydroxylation is 1. The zero-order valence-corrected chi connectivity index (χ0v) is 17.8. The number of alkyl halides is 3. The highest BCUT2D eigenvalue weighted by Crippen LogP contribution is 2.21. The first-order chi connectivity index (χ1) is 13.8. The molecule has 0 unspecified atom stereocenters. The number of nitrogens with zero attached hydrogens (tertiary/aromatic N) is 2. The summed E-state index contributed by atoms with van der Waals surface area (Å²) >= 11 is 0. The number of carboxylic acid groups (broad SMARTS) is 1. The minimum Gasteiger partial charge on any atom is -0.475 e. The quantitative estimate of drug-likeness (QED) is 0.699. The minimum atomic E-state index is -5.08. The third-order valence-electron chi connectivity index (χ3n) is 4.26. The monoisotopic (exact) mass is 453 g/mol. The molecule has 0 atom stereocenters. The van der Waals surface area contributed by atoms with Gasteiger partial charge in [0.1, 0.15) is 0 Å². The maximum Gasteiger partial charge on any atom is 0.490 e. The van der Waals surface area contributed by atoms with Gasteiger partial charge in [-0.3, -0.25) is 4.79 Å². The number of sulfonamides is 1. The van der Waals surface area contributed by atoms with E-state index in [1.54, 1.807) is 49.9 Å². The molecule has 30 heavy (non-hydrogen) atoms. The Hall–Kier alpha value is -2.18. The maximum atomic E-state index is 13.0. The second-order valence-electron chi connectivity index (χ2n) is 6.84. The topological polar surface area (TPSA) is 107 Å². The van der Waals surface area contributed by atoms with Gasteiger partial charge in [0.25, 0.3) is 0 Å². The molecule has 0 saturated carbocycles. The normalized spacial score (nSPS) is 15.0. The molecular formula is C18H26F3N3O5S. The van der Waals surface area contributed by atoms with Crippen molar-refractivity contribution < 1.29 is 36.3 Å². The largest absolute Gasteiger partial charge is 0.490 e. The highest BCUT2D eigenvalue weighted by Gasteiger charge is 2.38. The van der Waals surface area contributed by atoms with E-state index < -0.39 is 22.2 Å². The molecule has 2 N–H and O–H groups in total. The van der Waals surface area contributed by atoms with Crippen LogP contribution in [0.2, 0.25) is 0 Å². The Bertz CT molecular complexity index is 838. The molecule has 1 aromatic carbocycles. The number of amides is 1. The SMILES string of the molecule is Cc1ccccc1S(=O)(=O)N(CC(=O)N1CCNCC1)C(C)C.O=C(O)C(F)(F)F. The van der Waals surface area contributed by atoms with Crippen molar-refractivity contribution in [1.29, 1.82) is 0 Å². The number of rotatable bonds is 5. The van der Waals surface area contributed by atoms with Crippen molar-refractivity contribution in [2.24, 2.45) is 0 Å². The molecule has 1 aliphatic heterocycles. The lowest BCUT2D eigenvalue weighted by Crippen LogP contribution is -2.51. The van der Waals surface area contributed by atoms with Crippen LogP contribution in [0, 0.1) is 6.92 Å². The lowest BCUT2D eigenvalue weighted by atomic mass is 10.2. The van der Waals surface area contributed by atoms with Crippen molar-refractivity contribution in [3.05, 3.63) is 29.8 Å². The van der Waals surface area contributed by atoms with E-state index in [4.69, 9.17) is 9.90 Å². The van der Waals surface area contributed by atoms with Crippen LogP contribution in [0.3, 0.4) is 0 Å². The molecule has 0 spiro atoms. The van der Waals surface area contributed by atoms with Crippen LogP contribution in [0.5, 0.6) is 0 Å². The fourth-order valence-electron chi connectivity index (χ4n) is 2.66. The Balaban J connectivity index is 0.000000553. The second kappa shape index (κ2) is 10.7. The van der Waals surface area contributed by atoms with Crippen LogP contribution in [0.15, 0.2) is 29.2 Å². The van der Waals surface area contributed by atoms with Crippen LogP contribution in [0.4, 0.5) is 13.2 Å². The van der Waals surface area contributed by atoms with Gasteiger partial charge in [0.15, 0.2) is 0 Å². The van der Waals surface area contributed by atoms with Gasteiger partial charge in [-0.25, -0.2) is 13.2 Å². The standard InChI is InChI=1S/C16H25N3O3S.C2HF3O2/c1-13(2)19(12-16(20)18-10-8-17-9-11-18)23(21,22)15-7-5-4-6-14(15)3;3-2(4,5)1(6)7/h4-7,13,17H,8-12H2,1-3H3;(H,6,7). The van der Waals surface area contributed by atoms with Gasteiger partial charge < -0.3 is 15.3 Å². The summed E-state index contributed by atoms with van der Waals surface area (Å²) < 4.78 is 58.9. The van der Waals surface area contributed by atoms with Crippen LogP contribution in [-0.2, 0) is 19.6 Å². The number of aliphatic carboxylic acids is 1. The Labute approximate surface area is 173 Å². The van der Waals surface area contributed by atoms with E-state index in [1.807, 2.05) is 0 Å². The van der Waals surface area contributed by atoms with Gasteiger partial charge in [-0.05, 0) is 32.4 Å². The highest BCUT2D eigenvalue weighted by molar-refractivity contribution is 7.89. The maximum absolute atomic E-state index is 13.0. The molecule has 1 aromatic rings. The molecule has 1 fully saturated rings. The minimum absolute atomic E-state index is 0.117. The number of piperazine rings is 1. The highest BCUT2D eigenvalue weighted by atomic mass is 32.2. The summed E-state index contributed by atoms with van der Waals surface area (Å²) in [5.41, 5.74) is 0.688. The molecular weight excluding hydrogens is 427 g/mol. The molecule has 0 bridgehead atoms. The third-order valence-corrected chi connectivity index (χ3v) is 6.44. The van der Waals surface area contributed by atoms with E-state index in [0.717, 1.165) is 13.1 Å². The molecule has 12 heteroatoms. The van der Waals surface area contributed by atoms with Gasteiger partial charge in [-0.2, -0.15) is 17.5 Å². The van der Waals surface area contributed by atoms with Crippen molar-refractivity contribution in [2.45, 2.75) is 37.9 Å². The summed E-state index contributed by atoms with van der Waals surface area (Å²) in [7, 11) is -3.69. The lowest BCUT2D eigenvalue weighted by Gasteiger charge is -2.31. The number of benzene rings is 1. The Kier molecular flexibility index (Phi) is 9.25. The predicted molar refractivity (Wildman–Crippen MR) is 103 cm³/mol. The zero-order chi connectivity index (χ0) is 23.1. The average Bonchev–Trinajstić information content (AvgIpc) is 2.66. The summed E-state index contributed by atoms with van der Waals surface area (Å²) in [6, 6.07) is 6.58. The van der Waals surface area contributed by atoms with Crippen molar-refractivity contribution in [2.75, 3.05) is 32.7 Å². The van der Waals surface area contributed by atoms with Crippen LogP contribution in [0.1, 0.15) is 19.4 Å². The molecule has 1 aliphatic rings. The summed E-state index contributed by atoms with van der Waals surface area (Å²) in [6.45, 7) is 7.97. The first-order valence-electron chi connectivity index (χ1n) is 9.14. The molecule has 0 radical (unpaired) electrons. The molecule has 1 saturated heterocycles. The van der Waals surface area contributed by atoms with Crippen molar-refractivity contribution in [3.8, 4) is 0 Å². The fourth-order valence-corrected chi connectivity index (χ4v) is 4.48. The summed E-state index contributed by atoms with van der Waals surface area (Å²) in [5.74, 6) is -2.90. The van der Waals surface area contributed by atoms with Crippen LogP contribution >= 0.6 is 0 Å². The number of carbonyl (C=O) groups excluding carboxylic acids is 1. The van der Waals surface area contributed by atoms with Gasteiger partial charge in [-0.15, -0.1) is 0 Å². The average molecular weight is 453 g/mol. The Morgan fingerprint density at radius 1 is 1.20 bits per heavy atom. The van der Waals surface area contributed by atoms with E-state index in [-0.39, 0.29) is 23.4 Å². The van der Waals surface area contributed by atoms with Gasteiger partial charge in [0, 0.05) is 32.2 Å². The number of hydrogen-bond donors (Lipinski definition) is 2. The van der Waals surface area contributed by atoms with Gasteiger partial charge in [0.2, 0.25) is 15.9 Å². The van der Waals surface area contributed by atoms with E-state index >= 15 is 0 Å². The lowest BCUT2D eigenvalue weighted by molar-refractivity contribution is -0.192. The number of nitrogens with one attached hydrogen (secondary N) is 1. The molecule has 170 valence electrons. The zero-order valence-electron chi connectivity index (χ0n) is 16.9. The molecule has 0 aromatic heterocycles. The van der Waals surface area contributed by atoms with Gasteiger partial charge in [0.05, 0.1) is 11.4 Å². The van der Waals surface area contributed by atoms with Crippen LogP contribution < -0.4 is 5.32 Å².